The zero-order valence-corrected chi connectivity index (χ0v) is 12.2. The maximum Gasteiger partial charge on any atom is 0.326 e. The van der Waals surface area contributed by atoms with Crippen LogP contribution in [-0.2, 0) is 9.53 Å². The van der Waals surface area contributed by atoms with Crippen molar-refractivity contribution < 1.29 is 14.6 Å². The summed E-state index contributed by atoms with van der Waals surface area (Å²) < 4.78 is 6.06. The van der Waals surface area contributed by atoms with E-state index in [1.165, 1.54) is 19.3 Å². The lowest BCUT2D eigenvalue weighted by Crippen LogP contribution is -2.56. The van der Waals surface area contributed by atoms with Crippen LogP contribution in [0.3, 0.4) is 0 Å². The van der Waals surface area contributed by atoms with Crippen molar-refractivity contribution in [1.82, 2.24) is 5.32 Å². The van der Waals surface area contributed by atoms with Crippen LogP contribution in [0.25, 0.3) is 0 Å². The van der Waals surface area contributed by atoms with E-state index in [1.807, 2.05) is 0 Å². The molecule has 0 heterocycles. The first-order valence-electron chi connectivity index (χ1n) is 7.68. The van der Waals surface area contributed by atoms with Gasteiger partial charge >= 0.3 is 5.97 Å². The molecule has 2 aliphatic carbocycles. The zero-order valence-electron chi connectivity index (χ0n) is 12.2. The lowest BCUT2D eigenvalue weighted by atomic mass is 9.84. The van der Waals surface area contributed by atoms with Crippen molar-refractivity contribution in [3.8, 4) is 0 Å². The number of nitrogens with one attached hydrogen (secondary N) is 1. The summed E-state index contributed by atoms with van der Waals surface area (Å²) in [5.74, 6) is 0.0799. The number of hydrogen-bond donors (Lipinski definition) is 2. The monoisotopic (exact) mass is 269 g/mol. The standard InChI is InChI=1S/C15H27NO3/c1-3-11-6-4-5-7-13(11)19-10-15(16-2,14(17)18)12-8-9-12/h11-13,16H,3-10H2,1-2H3,(H,17,18). The van der Waals surface area contributed by atoms with Crippen LogP contribution in [-0.4, -0.2) is 36.4 Å². The first kappa shape index (κ1) is 14.8. The van der Waals surface area contributed by atoms with E-state index in [-0.39, 0.29) is 12.0 Å². The van der Waals surface area contributed by atoms with E-state index < -0.39 is 11.5 Å². The Morgan fingerprint density at radius 3 is 2.53 bits per heavy atom. The van der Waals surface area contributed by atoms with Crippen molar-refractivity contribution in [3.05, 3.63) is 0 Å². The second-order valence-electron chi connectivity index (χ2n) is 6.10. The van der Waals surface area contributed by atoms with Crippen LogP contribution in [0.15, 0.2) is 0 Å². The van der Waals surface area contributed by atoms with Gasteiger partial charge in [-0.2, -0.15) is 0 Å². The van der Waals surface area contributed by atoms with Gasteiger partial charge in [0.1, 0.15) is 5.54 Å². The van der Waals surface area contributed by atoms with Crippen molar-refractivity contribution in [3.63, 3.8) is 0 Å². The third-order valence-corrected chi connectivity index (χ3v) is 4.99. The van der Waals surface area contributed by atoms with E-state index in [2.05, 4.69) is 12.2 Å². The normalized spacial score (nSPS) is 30.8. The molecule has 0 aromatic carbocycles. The summed E-state index contributed by atoms with van der Waals surface area (Å²) in [5, 5.41) is 12.6. The van der Waals surface area contributed by atoms with Crippen molar-refractivity contribution in [2.24, 2.45) is 11.8 Å². The van der Waals surface area contributed by atoms with Crippen LogP contribution in [0.4, 0.5) is 0 Å². The molecular formula is C15H27NO3. The smallest absolute Gasteiger partial charge is 0.326 e. The number of carboxylic acids is 1. The average Bonchev–Trinajstić information content (AvgIpc) is 3.25. The van der Waals surface area contributed by atoms with E-state index in [0.717, 1.165) is 25.7 Å². The van der Waals surface area contributed by atoms with Gasteiger partial charge in [0, 0.05) is 0 Å². The number of rotatable bonds is 7. The topological polar surface area (TPSA) is 58.6 Å². The quantitative estimate of drug-likeness (QED) is 0.745. The van der Waals surface area contributed by atoms with Crippen LogP contribution in [0.1, 0.15) is 51.9 Å². The predicted octanol–water partition coefficient (Wildman–Crippen LogP) is 2.42. The van der Waals surface area contributed by atoms with E-state index in [0.29, 0.717) is 12.5 Å². The molecular weight excluding hydrogens is 242 g/mol. The minimum Gasteiger partial charge on any atom is -0.480 e. The molecule has 0 saturated heterocycles. The fraction of sp³-hybridized carbons (Fsp3) is 0.933. The summed E-state index contributed by atoms with van der Waals surface area (Å²) in [6.45, 7) is 2.51. The minimum absolute atomic E-state index is 0.235. The predicted molar refractivity (Wildman–Crippen MR) is 74.1 cm³/mol. The molecule has 3 atom stereocenters. The molecule has 2 aliphatic rings. The van der Waals surface area contributed by atoms with Crippen LogP contribution in [0, 0.1) is 11.8 Å². The Morgan fingerprint density at radius 1 is 1.32 bits per heavy atom. The number of carbonyl (C=O) groups is 1. The Kier molecular flexibility index (Phi) is 4.85. The second-order valence-corrected chi connectivity index (χ2v) is 6.10. The van der Waals surface area contributed by atoms with E-state index >= 15 is 0 Å². The Morgan fingerprint density at radius 2 is 2.00 bits per heavy atom. The highest BCUT2D eigenvalue weighted by Crippen LogP contribution is 2.41. The Hall–Kier alpha value is -0.610. The molecule has 0 radical (unpaired) electrons. The summed E-state index contributed by atoms with van der Waals surface area (Å²) >= 11 is 0. The molecule has 2 fully saturated rings. The molecule has 2 saturated carbocycles. The molecule has 2 rings (SSSR count). The summed E-state index contributed by atoms with van der Waals surface area (Å²) in [6, 6.07) is 0. The van der Waals surface area contributed by atoms with Crippen molar-refractivity contribution in [2.75, 3.05) is 13.7 Å². The molecule has 2 N–H and O–H groups in total. The van der Waals surface area contributed by atoms with E-state index in [9.17, 15) is 9.90 Å². The van der Waals surface area contributed by atoms with Gasteiger partial charge in [0.2, 0.25) is 0 Å². The first-order chi connectivity index (χ1) is 9.14. The highest BCUT2D eigenvalue weighted by molar-refractivity contribution is 5.80. The van der Waals surface area contributed by atoms with Gasteiger partial charge in [-0.3, -0.25) is 4.79 Å². The third-order valence-electron chi connectivity index (χ3n) is 4.99. The summed E-state index contributed by atoms with van der Waals surface area (Å²) in [4.78, 5) is 11.6. The molecule has 19 heavy (non-hydrogen) atoms. The second kappa shape index (κ2) is 6.23. The fourth-order valence-electron chi connectivity index (χ4n) is 3.41. The van der Waals surface area contributed by atoms with Gasteiger partial charge in [-0.15, -0.1) is 0 Å². The molecule has 110 valence electrons. The lowest BCUT2D eigenvalue weighted by molar-refractivity contribution is -0.151. The molecule has 3 unspecified atom stereocenters. The lowest BCUT2D eigenvalue weighted by Gasteiger charge is -2.35. The van der Waals surface area contributed by atoms with Gasteiger partial charge < -0.3 is 15.2 Å². The highest BCUT2D eigenvalue weighted by Gasteiger charge is 2.51. The van der Waals surface area contributed by atoms with Gasteiger partial charge in [0.15, 0.2) is 0 Å². The van der Waals surface area contributed by atoms with Gasteiger partial charge in [0.05, 0.1) is 12.7 Å². The van der Waals surface area contributed by atoms with Crippen LogP contribution < -0.4 is 5.32 Å². The zero-order chi connectivity index (χ0) is 13.9. The summed E-state index contributed by atoms with van der Waals surface area (Å²) in [7, 11) is 1.74. The van der Waals surface area contributed by atoms with Crippen molar-refractivity contribution in [1.29, 1.82) is 0 Å². The van der Waals surface area contributed by atoms with Crippen LogP contribution >= 0.6 is 0 Å². The molecule has 4 heteroatoms. The van der Waals surface area contributed by atoms with Crippen LogP contribution in [0.2, 0.25) is 0 Å². The van der Waals surface area contributed by atoms with Crippen molar-refractivity contribution in [2.45, 2.75) is 63.5 Å². The molecule has 0 bridgehead atoms. The first-order valence-corrected chi connectivity index (χ1v) is 7.68. The van der Waals surface area contributed by atoms with Gasteiger partial charge in [0.25, 0.3) is 0 Å². The molecule has 0 aromatic heterocycles. The van der Waals surface area contributed by atoms with E-state index in [4.69, 9.17) is 4.74 Å². The minimum atomic E-state index is -0.865. The van der Waals surface area contributed by atoms with Crippen molar-refractivity contribution >= 4 is 5.97 Å². The molecule has 0 aromatic rings. The number of ether oxygens (including phenoxy) is 1. The maximum atomic E-state index is 11.6. The van der Waals surface area contributed by atoms with Gasteiger partial charge in [-0.25, -0.2) is 0 Å². The van der Waals surface area contributed by atoms with Gasteiger partial charge in [-0.1, -0.05) is 26.2 Å². The molecule has 0 amide bonds. The van der Waals surface area contributed by atoms with Crippen LogP contribution in [0.5, 0.6) is 0 Å². The number of aliphatic carboxylic acids is 1. The molecule has 4 nitrogen and oxygen atoms in total. The number of hydrogen-bond acceptors (Lipinski definition) is 3. The highest BCUT2D eigenvalue weighted by atomic mass is 16.5. The largest absolute Gasteiger partial charge is 0.480 e. The SMILES string of the molecule is CCC1CCCCC1OCC(NC)(C(=O)O)C1CC1. The molecule has 0 spiro atoms. The fourth-order valence-corrected chi connectivity index (χ4v) is 3.41. The van der Waals surface area contributed by atoms with Gasteiger partial charge in [-0.05, 0) is 44.6 Å². The molecule has 0 aliphatic heterocycles. The number of likely N-dealkylation sites (N-methyl/N-ethyl adjacent to an activating group) is 1. The Balaban J connectivity index is 1.96. The number of carboxylic acid groups (broad SMARTS) is 1. The summed E-state index contributed by atoms with van der Waals surface area (Å²) in [5.41, 5.74) is -0.865. The Labute approximate surface area is 115 Å². The summed E-state index contributed by atoms with van der Waals surface area (Å²) in [6.07, 6.45) is 8.20. The average molecular weight is 269 g/mol. The third kappa shape index (κ3) is 3.11. The maximum absolute atomic E-state index is 11.6. The van der Waals surface area contributed by atoms with E-state index in [1.54, 1.807) is 7.05 Å². The Bertz CT molecular complexity index is 317.